The zero-order chi connectivity index (χ0) is 20.8. The fourth-order valence-electron chi connectivity index (χ4n) is 2.84. The molecule has 0 saturated carbocycles. The Morgan fingerprint density at radius 2 is 2.14 bits per heavy atom. The second-order valence-corrected chi connectivity index (χ2v) is 7.47. The van der Waals surface area contributed by atoms with E-state index in [4.69, 9.17) is 10.5 Å². The fourth-order valence-corrected chi connectivity index (χ4v) is 3.54. The van der Waals surface area contributed by atoms with E-state index in [-0.39, 0.29) is 24.0 Å². The van der Waals surface area contributed by atoms with E-state index in [1.807, 2.05) is 18.2 Å². The van der Waals surface area contributed by atoms with Gasteiger partial charge in [0.1, 0.15) is 18.1 Å². The van der Waals surface area contributed by atoms with Gasteiger partial charge >= 0.3 is 5.69 Å². The van der Waals surface area contributed by atoms with Crippen LogP contribution in [0.3, 0.4) is 0 Å². The molecule has 1 saturated heterocycles. The summed E-state index contributed by atoms with van der Waals surface area (Å²) in [5, 5.41) is 19.0. The Kier molecular flexibility index (Phi) is 7.06. The maximum absolute atomic E-state index is 12.1. The number of aliphatic hydroxyl groups is 2. The van der Waals surface area contributed by atoms with Gasteiger partial charge in [-0.1, -0.05) is 53.9 Å². The molecular formula is C20H21N3O5S. The van der Waals surface area contributed by atoms with Crippen molar-refractivity contribution in [3.63, 3.8) is 0 Å². The third-order valence-electron chi connectivity index (χ3n) is 4.37. The van der Waals surface area contributed by atoms with Crippen LogP contribution in [-0.4, -0.2) is 49.4 Å². The van der Waals surface area contributed by atoms with Crippen LogP contribution in [0, 0.1) is 11.8 Å². The highest BCUT2D eigenvalue weighted by Crippen LogP contribution is 2.27. The highest BCUT2D eigenvalue weighted by atomic mass is 32.2. The minimum atomic E-state index is -0.872. The first-order valence-corrected chi connectivity index (χ1v) is 10.0. The lowest BCUT2D eigenvalue weighted by molar-refractivity contribution is -0.0458. The molecule has 0 spiro atoms. The minimum Gasteiger partial charge on any atom is -0.394 e. The van der Waals surface area contributed by atoms with Crippen LogP contribution in [0.15, 0.2) is 41.3 Å². The summed E-state index contributed by atoms with van der Waals surface area (Å²) in [4.78, 5) is 27.9. The molecule has 1 aliphatic rings. The quantitative estimate of drug-likeness (QED) is 0.483. The van der Waals surface area contributed by atoms with Crippen molar-refractivity contribution < 1.29 is 19.7 Å². The SMILES string of the molecule is Nc1nc(=O)n([C@H]2C[C@H](O)[C@@H](CO)O2)cc1C#CCCSC(=O)c1ccccc1. The van der Waals surface area contributed by atoms with Gasteiger partial charge in [0.25, 0.3) is 0 Å². The number of hydrogen-bond acceptors (Lipinski definition) is 8. The van der Waals surface area contributed by atoms with Crippen molar-refractivity contribution in [2.45, 2.75) is 31.3 Å². The molecule has 0 aliphatic carbocycles. The lowest BCUT2D eigenvalue weighted by Gasteiger charge is -2.14. The van der Waals surface area contributed by atoms with E-state index in [1.54, 1.807) is 12.1 Å². The van der Waals surface area contributed by atoms with Crippen LogP contribution >= 0.6 is 11.8 Å². The van der Waals surface area contributed by atoms with Gasteiger partial charge in [-0.3, -0.25) is 9.36 Å². The summed E-state index contributed by atoms with van der Waals surface area (Å²) in [6, 6.07) is 9.01. The molecule has 0 amide bonds. The molecule has 152 valence electrons. The first-order valence-electron chi connectivity index (χ1n) is 9.03. The predicted molar refractivity (Wildman–Crippen MR) is 109 cm³/mol. The van der Waals surface area contributed by atoms with Gasteiger partial charge < -0.3 is 20.7 Å². The predicted octanol–water partition coefficient (Wildman–Crippen LogP) is 0.781. The van der Waals surface area contributed by atoms with Gasteiger partial charge in [0.15, 0.2) is 0 Å². The van der Waals surface area contributed by atoms with Crippen LogP contribution in [0.25, 0.3) is 0 Å². The number of carbonyl (C=O) groups is 1. The number of thioether (sulfide) groups is 1. The highest BCUT2D eigenvalue weighted by Gasteiger charge is 2.35. The highest BCUT2D eigenvalue weighted by molar-refractivity contribution is 8.14. The summed E-state index contributed by atoms with van der Waals surface area (Å²) < 4.78 is 6.70. The van der Waals surface area contributed by atoms with Crippen LogP contribution in [0.4, 0.5) is 5.82 Å². The summed E-state index contributed by atoms with van der Waals surface area (Å²) in [5.41, 5.74) is 6.17. The maximum Gasteiger partial charge on any atom is 0.351 e. The number of aromatic nitrogens is 2. The average molecular weight is 415 g/mol. The number of aliphatic hydroxyl groups excluding tert-OH is 2. The van der Waals surface area contributed by atoms with Gasteiger partial charge in [0, 0.05) is 30.4 Å². The van der Waals surface area contributed by atoms with E-state index in [0.29, 0.717) is 23.3 Å². The molecule has 1 aromatic heterocycles. The van der Waals surface area contributed by atoms with Gasteiger partial charge in [0.05, 0.1) is 18.3 Å². The molecule has 2 aromatic rings. The first kappa shape index (κ1) is 21.1. The van der Waals surface area contributed by atoms with Crippen molar-refractivity contribution in [3.05, 3.63) is 58.1 Å². The Hall–Kier alpha value is -2.64. The van der Waals surface area contributed by atoms with Crippen LogP contribution < -0.4 is 11.4 Å². The zero-order valence-electron chi connectivity index (χ0n) is 15.5. The number of nitrogen functional groups attached to an aromatic ring is 1. The molecule has 8 nitrogen and oxygen atoms in total. The number of benzene rings is 1. The van der Waals surface area contributed by atoms with Crippen molar-refractivity contribution in [2.75, 3.05) is 18.1 Å². The number of carbonyl (C=O) groups excluding carboxylic acids is 1. The van der Waals surface area contributed by atoms with Gasteiger partial charge in [-0.15, -0.1) is 0 Å². The molecule has 0 radical (unpaired) electrons. The van der Waals surface area contributed by atoms with E-state index in [2.05, 4.69) is 16.8 Å². The third kappa shape index (κ3) is 5.25. The van der Waals surface area contributed by atoms with Gasteiger partial charge in [-0.2, -0.15) is 4.98 Å². The topological polar surface area (TPSA) is 128 Å². The number of ether oxygens (including phenoxy) is 1. The molecule has 4 N–H and O–H groups in total. The molecule has 1 fully saturated rings. The molecule has 1 aromatic carbocycles. The number of rotatable bonds is 5. The van der Waals surface area contributed by atoms with Crippen molar-refractivity contribution >= 4 is 22.7 Å². The summed E-state index contributed by atoms with van der Waals surface area (Å²) in [5.74, 6) is 6.31. The molecule has 2 heterocycles. The van der Waals surface area contributed by atoms with Crippen LogP contribution in [0.2, 0.25) is 0 Å². The second-order valence-electron chi connectivity index (χ2n) is 6.40. The maximum atomic E-state index is 12.1. The Bertz CT molecular complexity index is 983. The summed E-state index contributed by atoms with van der Waals surface area (Å²) in [6.07, 6.45) is -0.324. The molecule has 29 heavy (non-hydrogen) atoms. The summed E-state index contributed by atoms with van der Waals surface area (Å²) in [6.45, 7) is -0.346. The molecule has 9 heteroatoms. The molecule has 1 aliphatic heterocycles. The van der Waals surface area contributed by atoms with Gasteiger partial charge in [0.2, 0.25) is 5.12 Å². The van der Waals surface area contributed by atoms with Gasteiger partial charge in [-0.25, -0.2) is 4.79 Å². The van der Waals surface area contributed by atoms with Crippen LogP contribution in [-0.2, 0) is 4.74 Å². The van der Waals surface area contributed by atoms with E-state index < -0.39 is 24.1 Å². The van der Waals surface area contributed by atoms with Crippen LogP contribution in [0.1, 0.15) is 35.0 Å². The molecule has 0 bridgehead atoms. The van der Waals surface area contributed by atoms with E-state index in [1.165, 1.54) is 22.5 Å². The van der Waals surface area contributed by atoms with E-state index >= 15 is 0 Å². The Labute approximate surface area is 171 Å². The number of nitrogens with two attached hydrogens (primary N) is 1. The second kappa shape index (κ2) is 9.71. The standard InChI is InChI=1S/C20H21N3O5S/c21-18-14(8-4-5-9-29-19(26)13-6-2-1-3-7-13)11-23(20(27)22-18)17-10-15(25)16(12-24)28-17/h1-3,6-7,11,15-17,24-25H,5,9-10,12H2,(H2,21,22,27)/t15-,16+,17+/m0/s1. The molecule has 3 atom stereocenters. The number of hydrogen-bond donors (Lipinski definition) is 3. The lowest BCUT2D eigenvalue weighted by Crippen LogP contribution is -2.28. The monoisotopic (exact) mass is 415 g/mol. The lowest BCUT2D eigenvalue weighted by atomic mass is 10.2. The van der Waals surface area contributed by atoms with Crippen molar-refractivity contribution in [1.29, 1.82) is 0 Å². The Balaban J connectivity index is 1.63. The summed E-state index contributed by atoms with van der Waals surface area (Å²) in [7, 11) is 0. The smallest absolute Gasteiger partial charge is 0.351 e. The Morgan fingerprint density at radius 3 is 2.83 bits per heavy atom. The minimum absolute atomic E-state index is 0.00372. The number of anilines is 1. The molecular weight excluding hydrogens is 394 g/mol. The van der Waals surface area contributed by atoms with Crippen molar-refractivity contribution in [2.24, 2.45) is 0 Å². The largest absolute Gasteiger partial charge is 0.394 e. The van der Waals surface area contributed by atoms with Crippen molar-refractivity contribution in [1.82, 2.24) is 9.55 Å². The summed E-state index contributed by atoms with van der Waals surface area (Å²) >= 11 is 1.18. The first-order chi connectivity index (χ1) is 14.0. The third-order valence-corrected chi connectivity index (χ3v) is 5.27. The molecule has 0 unspecified atom stereocenters. The average Bonchev–Trinajstić information content (AvgIpc) is 3.10. The Morgan fingerprint density at radius 1 is 1.38 bits per heavy atom. The number of nitrogens with zero attached hydrogens (tertiary/aromatic N) is 2. The normalized spacial score (nSPS) is 20.8. The van der Waals surface area contributed by atoms with E-state index in [0.717, 1.165) is 0 Å². The molecule has 3 rings (SSSR count). The zero-order valence-corrected chi connectivity index (χ0v) is 16.3. The van der Waals surface area contributed by atoms with Crippen molar-refractivity contribution in [3.8, 4) is 11.8 Å². The van der Waals surface area contributed by atoms with Crippen LogP contribution in [0.5, 0.6) is 0 Å². The fraction of sp³-hybridized carbons (Fsp3) is 0.350. The van der Waals surface area contributed by atoms with Gasteiger partial charge in [-0.05, 0) is 0 Å². The van der Waals surface area contributed by atoms with E-state index in [9.17, 15) is 19.8 Å².